The summed E-state index contributed by atoms with van der Waals surface area (Å²) in [7, 11) is 0. The summed E-state index contributed by atoms with van der Waals surface area (Å²) in [5, 5.41) is 23.5. The number of aliphatic hydroxyl groups is 2. The van der Waals surface area contributed by atoms with E-state index in [4.69, 9.17) is 0 Å². The second kappa shape index (κ2) is 5.93. The van der Waals surface area contributed by atoms with Gasteiger partial charge in [0.05, 0.1) is 24.4 Å². The van der Waals surface area contributed by atoms with E-state index in [1.165, 1.54) is 0 Å². The molecule has 1 aliphatic rings. The van der Waals surface area contributed by atoms with Crippen LogP contribution in [0.3, 0.4) is 0 Å². The fourth-order valence-corrected chi connectivity index (χ4v) is 2.64. The van der Waals surface area contributed by atoms with Crippen molar-refractivity contribution in [3.05, 3.63) is 42.5 Å². The van der Waals surface area contributed by atoms with Gasteiger partial charge in [-0.3, -0.25) is 4.90 Å². The van der Waals surface area contributed by atoms with Crippen molar-refractivity contribution in [2.75, 3.05) is 19.7 Å². The maximum absolute atomic E-state index is 10.0. The van der Waals surface area contributed by atoms with Crippen LogP contribution in [-0.4, -0.2) is 55.2 Å². The summed E-state index contributed by atoms with van der Waals surface area (Å²) in [6.45, 7) is 2.02. The lowest BCUT2D eigenvalue weighted by molar-refractivity contribution is -0.0610. The molecule has 1 aromatic heterocycles. The summed E-state index contributed by atoms with van der Waals surface area (Å²) in [5.41, 5.74) is 0.0812. The quantitative estimate of drug-likeness (QED) is 0.861. The maximum Gasteiger partial charge on any atom is 0.146 e. The predicted octanol–water partition coefficient (Wildman–Crippen LogP) is 0.586. The van der Waals surface area contributed by atoms with Crippen molar-refractivity contribution >= 4 is 0 Å². The van der Waals surface area contributed by atoms with Gasteiger partial charge >= 0.3 is 0 Å². The van der Waals surface area contributed by atoms with Crippen molar-refractivity contribution in [1.29, 1.82) is 0 Å². The van der Waals surface area contributed by atoms with Crippen LogP contribution in [0.4, 0.5) is 0 Å². The molecule has 0 spiro atoms. The fraction of sp³-hybridized carbons (Fsp3) is 0.467. The molecule has 1 aromatic carbocycles. The molecule has 0 amide bonds. The number of aromatic nitrogens is 3. The Morgan fingerprint density at radius 3 is 2.52 bits per heavy atom. The molecule has 6 heteroatoms. The van der Waals surface area contributed by atoms with Crippen molar-refractivity contribution in [2.24, 2.45) is 0 Å². The van der Waals surface area contributed by atoms with Gasteiger partial charge in [-0.25, -0.2) is 9.67 Å². The maximum atomic E-state index is 10.0. The first kappa shape index (κ1) is 14.2. The lowest BCUT2D eigenvalue weighted by Gasteiger charge is -2.36. The second-order valence-electron chi connectivity index (χ2n) is 5.58. The zero-order chi connectivity index (χ0) is 14.7. The highest BCUT2D eigenvalue weighted by molar-refractivity contribution is 5.30. The van der Waals surface area contributed by atoms with Crippen molar-refractivity contribution in [3.63, 3.8) is 0 Å². The summed E-state index contributed by atoms with van der Waals surface area (Å²) >= 11 is 0. The zero-order valence-electron chi connectivity index (χ0n) is 11.9. The molecule has 2 N–H and O–H groups in total. The summed E-state index contributed by atoms with van der Waals surface area (Å²) < 4.78 is 1.84. The zero-order valence-corrected chi connectivity index (χ0v) is 11.9. The minimum absolute atomic E-state index is 0.166. The number of piperidine rings is 1. The van der Waals surface area contributed by atoms with Crippen LogP contribution in [0, 0.1) is 0 Å². The molecule has 1 fully saturated rings. The predicted molar refractivity (Wildman–Crippen MR) is 77.9 cm³/mol. The van der Waals surface area contributed by atoms with Crippen molar-refractivity contribution in [2.45, 2.75) is 25.0 Å². The second-order valence-corrected chi connectivity index (χ2v) is 5.58. The van der Waals surface area contributed by atoms with E-state index in [1.54, 1.807) is 6.33 Å². The molecule has 112 valence electrons. The Bertz CT molecular complexity index is 576. The van der Waals surface area contributed by atoms with Crippen LogP contribution in [0.1, 0.15) is 18.7 Å². The van der Waals surface area contributed by atoms with Gasteiger partial charge in [0.25, 0.3) is 0 Å². The monoisotopic (exact) mass is 288 g/mol. The number of likely N-dealkylation sites (tertiary alicyclic amines) is 1. The van der Waals surface area contributed by atoms with Crippen LogP contribution in [0.5, 0.6) is 0 Å². The molecular weight excluding hydrogens is 268 g/mol. The van der Waals surface area contributed by atoms with E-state index in [0.717, 1.165) is 24.6 Å². The van der Waals surface area contributed by atoms with Gasteiger partial charge in [0.1, 0.15) is 12.2 Å². The molecule has 6 nitrogen and oxygen atoms in total. The van der Waals surface area contributed by atoms with E-state index in [9.17, 15) is 10.2 Å². The van der Waals surface area contributed by atoms with Crippen LogP contribution >= 0.6 is 0 Å². The Balaban J connectivity index is 1.69. The lowest BCUT2D eigenvalue weighted by Crippen LogP contribution is -2.46. The Morgan fingerprint density at radius 1 is 1.14 bits per heavy atom. The number of para-hydroxylation sites is 1. The van der Waals surface area contributed by atoms with Gasteiger partial charge in [0, 0.05) is 13.1 Å². The molecule has 0 unspecified atom stereocenters. The molecule has 0 saturated carbocycles. The average molecular weight is 288 g/mol. The molecule has 2 aromatic rings. The summed E-state index contributed by atoms with van der Waals surface area (Å²) in [5.74, 6) is 0.885. The van der Waals surface area contributed by atoms with E-state index in [1.807, 2.05) is 35.0 Å². The molecular formula is C15H20N4O2. The highest BCUT2D eigenvalue weighted by Gasteiger charge is 2.31. The highest BCUT2D eigenvalue weighted by Crippen LogP contribution is 2.22. The Kier molecular flexibility index (Phi) is 4.01. The molecule has 0 aliphatic carbocycles. The average Bonchev–Trinajstić information content (AvgIpc) is 2.99. The molecule has 1 aliphatic heterocycles. The summed E-state index contributed by atoms with van der Waals surface area (Å²) in [6, 6.07) is 9.92. The van der Waals surface area contributed by atoms with Crippen LogP contribution in [-0.2, 0) is 6.54 Å². The summed E-state index contributed by atoms with van der Waals surface area (Å²) in [6.07, 6.45) is 2.74. The van der Waals surface area contributed by atoms with Gasteiger partial charge in [0.2, 0.25) is 0 Å². The van der Waals surface area contributed by atoms with Crippen LogP contribution in [0.15, 0.2) is 36.7 Å². The van der Waals surface area contributed by atoms with E-state index in [2.05, 4.69) is 15.0 Å². The number of hydrogen-bond donors (Lipinski definition) is 2. The molecule has 21 heavy (non-hydrogen) atoms. The molecule has 3 rings (SSSR count). The number of nitrogens with zero attached hydrogens (tertiary/aromatic N) is 4. The minimum Gasteiger partial charge on any atom is -0.393 e. The molecule has 0 atom stereocenters. The van der Waals surface area contributed by atoms with Crippen LogP contribution in [0.25, 0.3) is 5.69 Å². The number of aliphatic hydroxyl groups excluding tert-OH is 1. The van der Waals surface area contributed by atoms with Gasteiger partial charge in [-0.1, -0.05) is 18.2 Å². The smallest absolute Gasteiger partial charge is 0.146 e. The largest absolute Gasteiger partial charge is 0.393 e. The number of benzene rings is 1. The van der Waals surface area contributed by atoms with E-state index in [0.29, 0.717) is 19.4 Å². The van der Waals surface area contributed by atoms with Gasteiger partial charge in [-0.15, -0.1) is 0 Å². The molecule has 0 bridgehead atoms. The molecule has 0 radical (unpaired) electrons. The van der Waals surface area contributed by atoms with E-state index in [-0.39, 0.29) is 6.61 Å². The van der Waals surface area contributed by atoms with Crippen molar-refractivity contribution in [3.8, 4) is 5.69 Å². The van der Waals surface area contributed by atoms with Crippen LogP contribution < -0.4 is 0 Å². The SMILES string of the molecule is OCC1(O)CCN(Cc2ncnn2-c2ccccc2)CC1. The Hall–Kier alpha value is -1.76. The third-order valence-corrected chi connectivity index (χ3v) is 4.07. The third kappa shape index (κ3) is 3.12. The van der Waals surface area contributed by atoms with Gasteiger partial charge in [-0.2, -0.15) is 5.10 Å². The third-order valence-electron chi connectivity index (χ3n) is 4.07. The first-order chi connectivity index (χ1) is 10.2. The van der Waals surface area contributed by atoms with Gasteiger partial charge in [-0.05, 0) is 25.0 Å². The van der Waals surface area contributed by atoms with Gasteiger partial charge < -0.3 is 10.2 Å². The molecule has 1 saturated heterocycles. The van der Waals surface area contributed by atoms with Crippen molar-refractivity contribution in [1.82, 2.24) is 19.7 Å². The number of rotatable bonds is 4. The Morgan fingerprint density at radius 2 is 1.86 bits per heavy atom. The van der Waals surface area contributed by atoms with Gasteiger partial charge in [0.15, 0.2) is 0 Å². The Labute approximate surface area is 123 Å². The van der Waals surface area contributed by atoms with E-state index >= 15 is 0 Å². The fourth-order valence-electron chi connectivity index (χ4n) is 2.64. The topological polar surface area (TPSA) is 74.4 Å². The standard InChI is InChI=1S/C15H20N4O2/c20-11-15(21)6-8-18(9-7-15)10-14-16-12-17-19(14)13-4-2-1-3-5-13/h1-5,12,20-21H,6-11H2. The molecule has 2 heterocycles. The van der Waals surface area contributed by atoms with Crippen LogP contribution in [0.2, 0.25) is 0 Å². The first-order valence-electron chi connectivity index (χ1n) is 7.20. The number of hydrogen-bond acceptors (Lipinski definition) is 5. The summed E-state index contributed by atoms with van der Waals surface area (Å²) in [4.78, 5) is 6.57. The lowest BCUT2D eigenvalue weighted by atomic mass is 9.92. The first-order valence-corrected chi connectivity index (χ1v) is 7.20. The van der Waals surface area contributed by atoms with E-state index < -0.39 is 5.60 Å². The van der Waals surface area contributed by atoms with Crippen molar-refractivity contribution < 1.29 is 10.2 Å². The normalized spacial score (nSPS) is 18.8. The minimum atomic E-state index is -0.913. The highest BCUT2D eigenvalue weighted by atomic mass is 16.3.